The smallest absolute Gasteiger partial charge is 0.251 e. The Bertz CT molecular complexity index is 741. The van der Waals surface area contributed by atoms with E-state index in [0.717, 1.165) is 5.56 Å². The topological polar surface area (TPSA) is 66.5 Å². The number of hydrogen-bond acceptors (Lipinski definition) is 3. The second kappa shape index (κ2) is 6.72. The Kier molecular flexibility index (Phi) is 4.95. The molecule has 0 bridgehead atoms. The molecule has 1 N–H and O–H groups in total. The van der Waals surface area contributed by atoms with E-state index in [9.17, 15) is 13.2 Å². The molecule has 0 aromatic heterocycles. The second-order valence-electron chi connectivity index (χ2n) is 4.85. The molecule has 0 fully saturated rings. The van der Waals surface area contributed by atoms with Gasteiger partial charge in [0.25, 0.3) is 5.91 Å². The van der Waals surface area contributed by atoms with E-state index in [2.05, 4.69) is 5.32 Å². The molecule has 0 spiro atoms. The van der Waals surface area contributed by atoms with Crippen LogP contribution in [-0.4, -0.2) is 32.7 Å². The quantitative estimate of drug-likeness (QED) is 0.915. The number of carbonyl (C=O) groups is 1. The van der Waals surface area contributed by atoms with Crippen LogP contribution < -0.4 is 5.32 Å². The molecular weight excluding hydrogens is 300 g/mol. The molecule has 116 valence electrons. The van der Waals surface area contributed by atoms with Crippen LogP contribution in [0.1, 0.15) is 15.9 Å². The minimum Gasteiger partial charge on any atom is -0.355 e. The van der Waals surface area contributed by atoms with Crippen LogP contribution in [0.15, 0.2) is 59.5 Å². The summed E-state index contributed by atoms with van der Waals surface area (Å²) in [7, 11) is -0.412. The third-order valence-electron chi connectivity index (χ3n) is 3.30. The molecule has 0 saturated carbocycles. The van der Waals surface area contributed by atoms with Crippen LogP contribution in [0.4, 0.5) is 0 Å². The van der Waals surface area contributed by atoms with Crippen molar-refractivity contribution < 1.29 is 13.2 Å². The molecule has 0 unspecified atom stereocenters. The fourth-order valence-electron chi connectivity index (χ4n) is 2.02. The van der Waals surface area contributed by atoms with Crippen molar-refractivity contribution in [1.82, 2.24) is 9.62 Å². The fourth-order valence-corrected chi connectivity index (χ4v) is 3.20. The predicted octanol–water partition coefficient (Wildman–Crippen LogP) is 1.87. The summed E-state index contributed by atoms with van der Waals surface area (Å²) >= 11 is 0. The van der Waals surface area contributed by atoms with Gasteiger partial charge in [0.15, 0.2) is 0 Å². The maximum absolute atomic E-state index is 12.4. The van der Waals surface area contributed by atoms with Crippen LogP contribution in [0.2, 0.25) is 0 Å². The van der Waals surface area contributed by atoms with Gasteiger partial charge in [-0.15, -0.1) is 0 Å². The third-order valence-corrected chi connectivity index (χ3v) is 5.12. The number of amides is 1. The Morgan fingerprint density at radius 2 is 1.64 bits per heavy atom. The largest absolute Gasteiger partial charge is 0.355 e. The van der Waals surface area contributed by atoms with Gasteiger partial charge in [0, 0.05) is 26.2 Å². The van der Waals surface area contributed by atoms with Gasteiger partial charge >= 0.3 is 0 Å². The summed E-state index contributed by atoms with van der Waals surface area (Å²) in [6, 6.07) is 15.2. The van der Waals surface area contributed by atoms with Gasteiger partial charge in [0.05, 0.1) is 4.90 Å². The fraction of sp³-hybridized carbons (Fsp3) is 0.188. The maximum atomic E-state index is 12.4. The highest BCUT2D eigenvalue weighted by Gasteiger charge is 2.20. The van der Waals surface area contributed by atoms with Crippen molar-refractivity contribution in [2.24, 2.45) is 0 Å². The van der Waals surface area contributed by atoms with Gasteiger partial charge in [-0.1, -0.05) is 30.3 Å². The van der Waals surface area contributed by atoms with E-state index in [1.165, 1.54) is 11.4 Å². The molecule has 6 heteroatoms. The molecule has 0 atom stereocenters. The van der Waals surface area contributed by atoms with E-state index in [-0.39, 0.29) is 17.3 Å². The molecule has 0 heterocycles. The van der Waals surface area contributed by atoms with Crippen molar-refractivity contribution in [3.8, 4) is 0 Å². The molecule has 5 nitrogen and oxygen atoms in total. The van der Waals surface area contributed by atoms with E-state index < -0.39 is 10.0 Å². The van der Waals surface area contributed by atoms with Crippen LogP contribution in [0, 0.1) is 0 Å². The number of benzene rings is 2. The summed E-state index contributed by atoms with van der Waals surface area (Å²) in [6.07, 6.45) is 0. The van der Waals surface area contributed by atoms with E-state index >= 15 is 0 Å². The molecule has 0 aliphatic heterocycles. The van der Waals surface area contributed by atoms with Crippen LogP contribution in [-0.2, 0) is 16.6 Å². The SMILES string of the molecule is CNC(=O)c1ccc(CN(C)S(=O)(=O)c2ccccc2)cc1. The highest BCUT2D eigenvalue weighted by atomic mass is 32.2. The third kappa shape index (κ3) is 3.52. The number of hydrogen-bond donors (Lipinski definition) is 1. The zero-order valence-corrected chi connectivity index (χ0v) is 13.3. The highest BCUT2D eigenvalue weighted by molar-refractivity contribution is 7.89. The minimum atomic E-state index is -3.51. The summed E-state index contributed by atoms with van der Waals surface area (Å²) in [6.45, 7) is 0.241. The highest BCUT2D eigenvalue weighted by Crippen LogP contribution is 2.16. The average molecular weight is 318 g/mol. The standard InChI is InChI=1S/C16H18N2O3S/c1-17-16(19)14-10-8-13(9-11-14)12-18(2)22(20,21)15-6-4-3-5-7-15/h3-11H,12H2,1-2H3,(H,17,19). The number of carbonyl (C=O) groups excluding carboxylic acids is 1. The maximum Gasteiger partial charge on any atom is 0.251 e. The van der Waals surface area contributed by atoms with Crippen molar-refractivity contribution in [2.75, 3.05) is 14.1 Å². The van der Waals surface area contributed by atoms with Crippen molar-refractivity contribution >= 4 is 15.9 Å². The number of nitrogens with zero attached hydrogens (tertiary/aromatic N) is 1. The first kappa shape index (κ1) is 16.2. The lowest BCUT2D eigenvalue weighted by molar-refractivity contribution is 0.0963. The van der Waals surface area contributed by atoms with Crippen LogP contribution in [0.25, 0.3) is 0 Å². The van der Waals surface area contributed by atoms with Gasteiger partial charge in [0.2, 0.25) is 10.0 Å². The van der Waals surface area contributed by atoms with Crippen molar-refractivity contribution in [3.63, 3.8) is 0 Å². The minimum absolute atomic E-state index is 0.170. The monoisotopic (exact) mass is 318 g/mol. The van der Waals surface area contributed by atoms with Gasteiger partial charge in [-0.05, 0) is 29.8 Å². The van der Waals surface area contributed by atoms with Gasteiger partial charge in [-0.3, -0.25) is 4.79 Å². The number of rotatable bonds is 5. The molecule has 0 radical (unpaired) electrons. The number of nitrogens with one attached hydrogen (secondary N) is 1. The van der Waals surface area contributed by atoms with E-state index in [1.807, 2.05) is 0 Å². The number of sulfonamides is 1. The zero-order chi connectivity index (χ0) is 16.2. The summed E-state index contributed by atoms with van der Waals surface area (Å²) in [4.78, 5) is 11.7. The molecule has 0 aliphatic carbocycles. The van der Waals surface area contributed by atoms with Gasteiger partial charge in [-0.25, -0.2) is 8.42 Å². The Morgan fingerprint density at radius 1 is 1.05 bits per heavy atom. The summed E-state index contributed by atoms with van der Waals surface area (Å²) in [5.41, 5.74) is 1.36. The second-order valence-corrected chi connectivity index (χ2v) is 6.90. The van der Waals surface area contributed by atoms with Crippen LogP contribution in [0.3, 0.4) is 0 Å². The van der Waals surface area contributed by atoms with Crippen molar-refractivity contribution in [3.05, 3.63) is 65.7 Å². The molecule has 2 rings (SSSR count). The molecule has 2 aromatic carbocycles. The average Bonchev–Trinajstić information content (AvgIpc) is 2.55. The Morgan fingerprint density at radius 3 is 2.18 bits per heavy atom. The van der Waals surface area contributed by atoms with E-state index in [1.54, 1.807) is 61.6 Å². The lowest BCUT2D eigenvalue weighted by Crippen LogP contribution is -2.26. The Balaban J connectivity index is 2.15. The normalized spacial score (nSPS) is 11.4. The van der Waals surface area contributed by atoms with E-state index in [0.29, 0.717) is 5.56 Å². The van der Waals surface area contributed by atoms with Gasteiger partial charge in [-0.2, -0.15) is 4.31 Å². The molecular formula is C16H18N2O3S. The molecule has 0 aliphatic rings. The zero-order valence-electron chi connectivity index (χ0n) is 12.5. The Hall–Kier alpha value is -2.18. The van der Waals surface area contributed by atoms with Crippen molar-refractivity contribution in [2.45, 2.75) is 11.4 Å². The summed E-state index contributed by atoms with van der Waals surface area (Å²) in [5, 5.41) is 2.54. The first-order valence-corrected chi connectivity index (χ1v) is 8.21. The van der Waals surface area contributed by atoms with Crippen molar-refractivity contribution in [1.29, 1.82) is 0 Å². The molecule has 2 aromatic rings. The first-order valence-electron chi connectivity index (χ1n) is 6.77. The van der Waals surface area contributed by atoms with Crippen LogP contribution in [0.5, 0.6) is 0 Å². The Labute approximate surface area is 130 Å². The lowest BCUT2D eigenvalue weighted by Gasteiger charge is -2.17. The molecule has 22 heavy (non-hydrogen) atoms. The summed E-state index contributed by atoms with van der Waals surface area (Å²) in [5.74, 6) is -0.170. The van der Waals surface area contributed by atoms with Crippen LogP contribution >= 0.6 is 0 Å². The predicted molar refractivity (Wildman–Crippen MR) is 84.9 cm³/mol. The first-order chi connectivity index (χ1) is 10.4. The summed E-state index contributed by atoms with van der Waals surface area (Å²) < 4.78 is 26.1. The molecule has 1 amide bonds. The lowest BCUT2D eigenvalue weighted by atomic mass is 10.1. The molecule has 0 saturated heterocycles. The van der Waals surface area contributed by atoms with E-state index in [4.69, 9.17) is 0 Å². The van der Waals surface area contributed by atoms with Gasteiger partial charge < -0.3 is 5.32 Å². The van der Waals surface area contributed by atoms with Gasteiger partial charge in [0.1, 0.15) is 0 Å².